The summed E-state index contributed by atoms with van der Waals surface area (Å²) < 4.78 is 0. The van der Waals surface area contributed by atoms with E-state index in [9.17, 15) is 10.1 Å². The molecular formula is C3H7N3O2. The molecule has 0 radical (unpaired) electrons. The van der Waals surface area contributed by atoms with Crippen molar-refractivity contribution >= 4 is 0 Å². The highest BCUT2D eigenvalue weighted by Gasteiger charge is 2.00. The van der Waals surface area contributed by atoms with Gasteiger partial charge in [0.2, 0.25) is 0 Å². The van der Waals surface area contributed by atoms with Crippen molar-refractivity contribution in [3.63, 3.8) is 0 Å². The first kappa shape index (κ1) is 6.74. The van der Waals surface area contributed by atoms with Gasteiger partial charge in [-0.25, -0.2) is 0 Å². The molecule has 0 spiro atoms. The second kappa shape index (κ2) is 2.15. The number of nitrogens with two attached hydrogens (primary N) is 2. The minimum Gasteiger partial charge on any atom is -0.396 e. The van der Waals surface area contributed by atoms with Crippen molar-refractivity contribution in [1.82, 2.24) is 0 Å². The molecule has 8 heavy (non-hydrogen) atoms. The van der Waals surface area contributed by atoms with Gasteiger partial charge in [0.1, 0.15) is 0 Å². The molecule has 0 aromatic carbocycles. The molecule has 0 aliphatic rings. The van der Waals surface area contributed by atoms with Crippen LogP contribution in [0.1, 0.15) is 6.92 Å². The normalized spacial score (nSPS) is 12.6. The highest BCUT2D eigenvalue weighted by atomic mass is 16.6. The van der Waals surface area contributed by atoms with Crippen molar-refractivity contribution in [2.45, 2.75) is 6.92 Å². The summed E-state index contributed by atoms with van der Waals surface area (Å²) in [6.07, 6.45) is 0. The Labute approximate surface area is 46.1 Å². The lowest BCUT2D eigenvalue weighted by molar-refractivity contribution is -0.427. The van der Waals surface area contributed by atoms with E-state index in [4.69, 9.17) is 11.5 Å². The zero-order valence-corrected chi connectivity index (χ0v) is 4.42. The Hall–Kier alpha value is -1.26. The van der Waals surface area contributed by atoms with Crippen LogP contribution in [0.5, 0.6) is 0 Å². The molecule has 0 fully saturated rings. The fourth-order valence-electron chi connectivity index (χ4n) is 0.144. The van der Waals surface area contributed by atoms with Crippen LogP contribution in [0.3, 0.4) is 0 Å². The number of hydrogen-bond donors (Lipinski definition) is 2. The summed E-state index contributed by atoms with van der Waals surface area (Å²) in [7, 11) is 0. The molecule has 0 aromatic heterocycles. The molecule has 5 nitrogen and oxygen atoms in total. The van der Waals surface area contributed by atoms with E-state index in [0.717, 1.165) is 0 Å². The SMILES string of the molecule is CC(N)=C(N)[N+](=O)[O-]. The van der Waals surface area contributed by atoms with Crippen molar-refractivity contribution in [2.75, 3.05) is 0 Å². The monoisotopic (exact) mass is 117 g/mol. The van der Waals surface area contributed by atoms with Crippen LogP contribution in [0.4, 0.5) is 0 Å². The first-order valence-electron chi connectivity index (χ1n) is 1.92. The Balaban J connectivity index is 4.23. The van der Waals surface area contributed by atoms with Crippen LogP contribution in [0, 0.1) is 10.1 Å². The highest BCUT2D eigenvalue weighted by Crippen LogP contribution is 1.87. The molecule has 0 aromatic rings. The zero-order valence-electron chi connectivity index (χ0n) is 4.42. The summed E-state index contributed by atoms with van der Waals surface area (Å²) in [4.78, 5) is 8.96. The van der Waals surface area contributed by atoms with E-state index >= 15 is 0 Å². The molecule has 0 bridgehead atoms. The standard InChI is InChI=1S/C3H7N3O2/c1-2(4)3(5)6(7)8/h4-5H2,1H3. The molecule has 0 aliphatic carbocycles. The van der Waals surface area contributed by atoms with Crippen LogP contribution in [0.25, 0.3) is 0 Å². The van der Waals surface area contributed by atoms with E-state index < -0.39 is 10.7 Å². The van der Waals surface area contributed by atoms with Crippen molar-refractivity contribution < 1.29 is 4.92 Å². The average Bonchev–Trinajstić information content (AvgIpc) is 1.64. The number of nitrogens with zero attached hydrogens (tertiary/aromatic N) is 1. The van der Waals surface area contributed by atoms with Crippen LogP contribution in [0.2, 0.25) is 0 Å². The topological polar surface area (TPSA) is 95.2 Å². The number of hydrogen-bond acceptors (Lipinski definition) is 4. The van der Waals surface area contributed by atoms with E-state index in [1.54, 1.807) is 0 Å². The minimum atomic E-state index is -0.727. The van der Waals surface area contributed by atoms with Gasteiger partial charge in [-0.15, -0.1) is 0 Å². The molecule has 0 rings (SSSR count). The smallest absolute Gasteiger partial charge is 0.332 e. The summed E-state index contributed by atoms with van der Waals surface area (Å²) in [5, 5.41) is 9.68. The van der Waals surface area contributed by atoms with Crippen LogP contribution in [-0.4, -0.2) is 4.92 Å². The maximum absolute atomic E-state index is 9.68. The number of nitro groups is 1. The van der Waals surface area contributed by atoms with Gasteiger partial charge >= 0.3 is 5.82 Å². The average molecular weight is 117 g/mol. The predicted molar refractivity (Wildman–Crippen MR) is 28.1 cm³/mol. The Kier molecular flexibility index (Phi) is 1.81. The van der Waals surface area contributed by atoms with Gasteiger partial charge in [0.15, 0.2) is 0 Å². The first-order valence-corrected chi connectivity index (χ1v) is 1.92. The van der Waals surface area contributed by atoms with Gasteiger partial charge in [0, 0.05) is 0 Å². The summed E-state index contributed by atoms with van der Waals surface area (Å²) >= 11 is 0. The van der Waals surface area contributed by atoms with E-state index in [-0.39, 0.29) is 5.70 Å². The third-order valence-corrected chi connectivity index (χ3v) is 0.601. The van der Waals surface area contributed by atoms with E-state index in [0.29, 0.717) is 0 Å². The van der Waals surface area contributed by atoms with Crippen molar-refractivity contribution in [3.05, 3.63) is 21.6 Å². The lowest BCUT2D eigenvalue weighted by Gasteiger charge is -1.92. The van der Waals surface area contributed by atoms with Crippen LogP contribution in [0.15, 0.2) is 11.5 Å². The van der Waals surface area contributed by atoms with Gasteiger partial charge in [0.25, 0.3) is 0 Å². The summed E-state index contributed by atoms with van der Waals surface area (Å²) in [6, 6.07) is 0. The molecule has 0 saturated carbocycles. The van der Waals surface area contributed by atoms with Gasteiger partial charge in [-0.05, 0) is 11.8 Å². The molecule has 0 saturated heterocycles. The molecule has 0 unspecified atom stereocenters. The van der Waals surface area contributed by atoms with E-state index in [2.05, 4.69) is 0 Å². The minimum absolute atomic E-state index is 0.0370. The fraction of sp³-hybridized carbons (Fsp3) is 0.333. The third-order valence-electron chi connectivity index (χ3n) is 0.601. The Morgan fingerprint density at radius 2 is 2.00 bits per heavy atom. The van der Waals surface area contributed by atoms with Crippen molar-refractivity contribution in [3.8, 4) is 0 Å². The second-order valence-electron chi connectivity index (χ2n) is 1.33. The molecule has 0 aliphatic heterocycles. The summed E-state index contributed by atoms with van der Waals surface area (Å²) in [5.74, 6) is -0.481. The van der Waals surface area contributed by atoms with Crippen molar-refractivity contribution in [1.29, 1.82) is 0 Å². The maximum Gasteiger partial charge on any atom is 0.332 e. The zero-order chi connectivity index (χ0) is 6.73. The second-order valence-corrected chi connectivity index (χ2v) is 1.33. The first-order chi connectivity index (χ1) is 3.55. The quantitative estimate of drug-likeness (QED) is 0.353. The summed E-state index contributed by atoms with van der Waals surface area (Å²) in [6.45, 7) is 1.37. The van der Waals surface area contributed by atoms with Crippen LogP contribution >= 0.6 is 0 Å². The van der Waals surface area contributed by atoms with Gasteiger partial charge in [-0.1, -0.05) is 0 Å². The molecule has 46 valence electrons. The van der Waals surface area contributed by atoms with Gasteiger partial charge in [0.05, 0.1) is 5.70 Å². The third kappa shape index (κ3) is 1.46. The van der Waals surface area contributed by atoms with Gasteiger partial charge in [-0.2, -0.15) is 0 Å². The fourth-order valence-corrected chi connectivity index (χ4v) is 0.144. The van der Waals surface area contributed by atoms with Crippen LogP contribution in [-0.2, 0) is 0 Å². The molecular weight excluding hydrogens is 110 g/mol. The molecule has 0 atom stereocenters. The van der Waals surface area contributed by atoms with Gasteiger partial charge < -0.3 is 15.8 Å². The Morgan fingerprint density at radius 3 is 2.00 bits per heavy atom. The largest absolute Gasteiger partial charge is 0.396 e. The molecule has 0 heterocycles. The molecule has 0 amide bonds. The van der Waals surface area contributed by atoms with E-state index in [1.165, 1.54) is 6.92 Å². The van der Waals surface area contributed by atoms with E-state index in [1.807, 2.05) is 0 Å². The molecule has 5 heteroatoms. The number of rotatable bonds is 1. The summed E-state index contributed by atoms with van der Waals surface area (Å²) in [5.41, 5.74) is 9.80. The lowest BCUT2D eigenvalue weighted by atomic mass is 10.5. The van der Waals surface area contributed by atoms with Crippen molar-refractivity contribution in [2.24, 2.45) is 11.5 Å². The predicted octanol–water partition coefficient (Wildman–Crippen LogP) is -0.630. The van der Waals surface area contributed by atoms with Gasteiger partial charge in [-0.3, -0.25) is 5.73 Å². The number of allylic oxidation sites excluding steroid dienone is 1. The highest BCUT2D eigenvalue weighted by molar-refractivity contribution is 4.94. The lowest BCUT2D eigenvalue weighted by Crippen LogP contribution is -2.14. The van der Waals surface area contributed by atoms with Crippen LogP contribution < -0.4 is 11.5 Å². The Bertz CT molecular complexity index is 135. The molecule has 4 N–H and O–H groups in total. The maximum atomic E-state index is 9.68. The Morgan fingerprint density at radius 1 is 1.62 bits per heavy atom.